The van der Waals surface area contributed by atoms with Crippen LogP contribution in [0.4, 0.5) is 0 Å². The Labute approximate surface area is 133 Å². The van der Waals surface area contributed by atoms with E-state index in [9.17, 15) is 4.79 Å². The summed E-state index contributed by atoms with van der Waals surface area (Å²) >= 11 is 0. The Morgan fingerprint density at radius 2 is 1.95 bits per heavy atom. The fourth-order valence-electron chi connectivity index (χ4n) is 3.42. The van der Waals surface area contributed by atoms with E-state index in [1.165, 1.54) is 18.4 Å². The molecule has 1 aliphatic heterocycles. The van der Waals surface area contributed by atoms with Crippen LogP contribution in [0.15, 0.2) is 42.0 Å². The van der Waals surface area contributed by atoms with Crippen molar-refractivity contribution in [2.75, 3.05) is 19.6 Å². The van der Waals surface area contributed by atoms with Crippen LogP contribution < -0.4 is 5.32 Å². The number of rotatable bonds is 5. The highest BCUT2D eigenvalue weighted by Crippen LogP contribution is 2.20. The molecule has 1 amide bonds. The lowest BCUT2D eigenvalue weighted by Gasteiger charge is -2.32. The number of amides is 1. The molecule has 118 valence electrons. The number of hydrogen-bond donors (Lipinski definition) is 1. The van der Waals surface area contributed by atoms with Crippen molar-refractivity contribution in [3.05, 3.63) is 47.5 Å². The number of allylic oxidation sites excluding steroid dienone is 1. The third kappa shape index (κ3) is 4.20. The van der Waals surface area contributed by atoms with Gasteiger partial charge in [0.1, 0.15) is 0 Å². The predicted molar refractivity (Wildman–Crippen MR) is 89.4 cm³/mol. The summed E-state index contributed by atoms with van der Waals surface area (Å²) in [5.74, 6) is 0.808. The van der Waals surface area contributed by atoms with Crippen LogP contribution >= 0.6 is 0 Å². The van der Waals surface area contributed by atoms with Gasteiger partial charge in [0.2, 0.25) is 5.91 Å². The molecule has 1 heterocycles. The number of nitrogens with one attached hydrogen (secondary N) is 1. The molecule has 1 fully saturated rings. The van der Waals surface area contributed by atoms with Crippen molar-refractivity contribution >= 4 is 5.91 Å². The second kappa shape index (κ2) is 7.59. The maximum atomic E-state index is 12.0. The monoisotopic (exact) mass is 298 g/mol. The molecule has 0 radical (unpaired) electrons. The van der Waals surface area contributed by atoms with E-state index in [1.54, 1.807) is 0 Å². The number of carbonyl (C=O) groups excluding carboxylic acids is 1. The molecule has 0 bridgehead atoms. The van der Waals surface area contributed by atoms with Crippen LogP contribution in [-0.4, -0.2) is 30.4 Å². The SMILES string of the molecule is O=C(NCC1CCN(Cc2ccccc2)CC1)C1=CCCC1. The van der Waals surface area contributed by atoms with Crippen molar-refractivity contribution in [2.24, 2.45) is 5.92 Å². The Morgan fingerprint density at radius 3 is 2.64 bits per heavy atom. The number of hydrogen-bond acceptors (Lipinski definition) is 2. The van der Waals surface area contributed by atoms with Gasteiger partial charge in [-0.3, -0.25) is 9.69 Å². The highest BCUT2D eigenvalue weighted by atomic mass is 16.1. The van der Waals surface area contributed by atoms with Crippen LogP contribution in [0.2, 0.25) is 0 Å². The Kier molecular flexibility index (Phi) is 5.28. The van der Waals surface area contributed by atoms with Gasteiger partial charge in [0.25, 0.3) is 0 Å². The van der Waals surface area contributed by atoms with Crippen molar-refractivity contribution in [3.63, 3.8) is 0 Å². The van der Waals surface area contributed by atoms with Gasteiger partial charge in [0.05, 0.1) is 0 Å². The summed E-state index contributed by atoms with van der Waals surface area (Å²) in [5, 5.41) is 3.13. The molecule has 1 saturated heterocycles. The zero-order valence-electron chi connectivity index (χ0n) is 13.3. The van der Waals surface area contributed by atoms with E-state index in [4.69, 9.17) is 0 Å². The van der Waals surface area contributed by atoms with Gasteiger partial charge in [-0.2, -0.15) is 0 Å². The van der Waals surface area contributed by atoms with Gasteiger partial charge in [-0.1, -0.05) is 36.4 Å². The molecule has 1 aliphatic carbocycles. The van der Waals surface area contributed by atoms with Gasteiger partial charge >= 0.3 is 0 Å². The van der Waals surface area contributed by atoms with Crippen LogP contribution in [0.25, 0.3) is 0 Å². The van der Waals surface area contributed by atoms with Crippen molar-refractivity contribution in [1.82, 2.24) is 10.2 Å². The fourth-order valence-corrected chi connectivity index (χ4v) is 3.42. The third-order valence-corrected chi connectivity index (χ3v) is 4.84. The highest BCUT2D eigenvalue weighted by molar-refractivity contribution is 5.93. The van der Waals surface area contributed by atoms with Gasteiger partial charge in [0, 0.05) is 18.7 Å². The van der Waals surface area contributed by atoms with Gasteiger partial charge in [-0.15, -0.1) is 0 Å². The molecule has 1 aromatic rings. The summed E-state index contributed by atoms with van der Waals surface area (Å²) in [6.45, 7) is 4.17. The zero-order valence-corrected chi connectivity index (χ0v) is 13.3. The van der Waals surface area contributed by atoms with Gasteiger partial charge in [0.15, 0.2) is 0 Å². The second-order valence-electron chi connectivity index (χ2n) is 6.54. The minimum atomic E-state index is 0.171. The zero-order chi connectivity index (χ0) is 15.2. The van der Waals surface area contributed by atoms with E-state index in [-0.39, 0.29) is 5.91 Å². The summed E-state index contributed by atoms with van der Waals surface area (Å²) in [5.41, 5.74) is 2.39. The number of benzene rings is 1. The molecule has 0 atom stereocenters. The molecule has 22 heavy (non-hydrogen) atoms. The fraction of sp³-hybridized carbons (Fsp3) is 0.526. The average Bonchev–Trinajstić information content (AvgIpc) is 3.09. The minimum Gasteiger partial charge on any atom is -0.352 e. The average molecular weight is 298 g/mol. The molecule has 1 aromatic carbocycles. The van der Waals surface area contributed by atoms with E-state index < -0.39 is 0 Å². The lowest BCUT2D eigenvalue weighted by molar-refractivity contribution is -0.117. The first-order chi connectivity index (χ1) is 10.8. The number of likely N-dealkylation sites (tertiary alicyclic amines) is 1. The van der Waals surface area contributed by atoms with Gasteiger partial charge in [-0.25, -0.2) is 0 Å². The van der Waals surface area contributed by atoms with Gasteiger partial charge in [-0.05, 0) is 56.7 Å². The first-order valence-electron chi connectivity index (χ1n) is 8.55. The van der Waals surface area contributed by atoms with E-state index in [1.807, 2.05) is 0 Å². The lowest BCUT2D eigenvalue weighted by atomic mass is 9.96. The largest absolute Gasteiger partial charge is 0.352 e. The van der Waals surface area contributed by atoms with Crippen LogP contribution in [0.3, 0.4) is 0 Å². The van der Waals surface area contributed by atoms with Crippen LogP contribution in [0.5, 0.6) is 0 Å². The first-order valence-corrected chi connectivity index (χ1v) is 8.55. The molecule has 3 rings (SSSR count). The molecule has 0 aromatic heterocycles. The van der Waals surface area contributed by atoms with Gasteiger partial charge < -0.3 is 5.32 Å². The predicted octanol–water partition coefficient (Wildman–Crippen LogP) is 3.13. The van der Waals surface area contributed by atoms with E-state index in [2.05, 4.69) is 46.6 Å². The molecule has 0 spiro atoms. The number of carbonyl (C=O) groups is 1. The highest BCUT2D eigenvalue weighted by Gasteiger charge is 2.20. The Morgan fingerprint density at radius 1 is 1.18 bits per heavy atom. The quantitative estimate of drug-likeness (QED) is 0.906. The Hall–Kier alpha value is -1.61. The normalized spacial score (nSPS) is 19.9. The molecular formula is C19H26N2O. The summed E-state index contributed by atoms with van der Waals surface area (Å²) in [6, 6.07) is 10.7. The van der Waals surface area contributed by atoms with E-state index in [0.29, 0.717) is 5.92 Å². The van der Waals surface area contributed by atoms with E-state index >= 15 is 0 Å². The summed E-state index contributed by atoms with van der Waals surface area (Å²) in [7, 11) is 0. The molecule has 3 nitrogen and oxygen atoms in total. The van der Waals surface area contributed by atoms with Crippen LogP contribution in [-0.2, 0) is 11.3 Å². The first kappa shape index (κ1) is 15.3. The molecule has 0 saturated carbocycles. The molecule has 2 aliphatic rings. The Bertz CT molecular complexity index is 515. The minimum absolute atomic E-state index is 0.171. The van der Waals surface area contributed by atoms with E-state index in [0.717, 1.165) is 51.0 Å². The second-order valence-corrected chi connectivity index (χ2v) is 6.54. The molecular weight excluding hydrogens is 272 g/mol. The summed E-state index contributed by atoms with van der Waals surface area (Å²) in [6.07, 6.45) is 7.64. The molecule has 0 unspecified atom stereocenters. The number of piperidine rings is 1. The maximum Gasteiger partial charge on any atom is 0.246 e. The van der Waals surface area contributed by atoms with Crippen molar-refractivity contribution in [3.8, 4) is 0 Å². The summed E-state index contributed by atoms with van der Waals surface area (Å²) < 4.78 is 0. The lowest BCUT2D eigenvalue weighted by Crippen LogP contribution is -2.38. The van der Waals surface area contributed by atoms with Crippen molar-refractivity contribution < 1.29 is 4.79 Å². The molecule has 3 heteroatoms. The topological polar surface area (TPSA) is 32.3 Å². The summed E-state index contributed by atoms with van der Waals surface area (Å²) in [4.78, 5) is 14.5. The molecule has 1 N–H and O–H groups in total. The Balaban J connectivity index is 1.37. The van der Waals surface area contributed by atoms with Crippen molar-refractivity contribution in [1.29, 1.82) is 0 Å². The van der Waals surface area contributed by atoms with Crippen molar-refractivity contribution in [2.45, 2.75) is 38.6 Å². The number of nitrogens with zero attached hydrogens (tertiary/aromatic N) is 1. The van der Waals surface area contributed by atoms with Crippen LogP contribution in [0, 0.1) is 5.92 Å². The maximum absolute atomic E-state index is 12.0. The standard InChI is InChI=1S/C19H26N2O/c22-19(18-8-4-5-9-18)20-14-16-10-12-21(13-11-16)15-17-6-2-1-3-7-17/h1-3,6-8,16H,4-5,9-15H2,(H,20,22). The smallest absolute Gasteiger partial charge is 0.246 e. The van der Waals surface area contributed by atoms with Crippen LogP contribution in [0.1, 0.15) is 37.7 Å². The third-order valence-electron chi connectivity index (χ3n) is 4.84.